The van der Waals surface area contributed by atoms with Gasteiger partial charge in [0, 0.05) is 5.69 Å². The molecule has 0 aliphatic rings. The van der Waals surface area contributed by atoms with E-state index in [1.807, 2.05) is 0 Å². The highest BCUT2D eigenvalue weighted by Gasteiger charge is 2.37. The minimum absolute atomic E-state index is 0.00396. The predicted octanol–water partition coefficient (Wildman–Crippen LogP) is 5.65. The topological polar surface area (TPSA) is 104 Å². The molecule has 0 saturated carbocycles. The summed E-state index contributed by atoms with van der Waals surface area (Å²) in [6.45, 7) is 1.46. The van der Waals surface area contributed by atoms with Crippen molar-refractivity contribution in [3.63, 3.8) is 0 Å². The quantitative estimate of drug-likeness (QED) is 0.153. The zero-order valence-corrected chi connectivity index (χ0v) is 18.2. The Hall–Kier alpha value is -4.19. The van der Waals surface area contributed by atoms with Crippen LogP contribution < -0.4 is 20.3 Å². The molecular formula is C23H18F5N3O4. The van der Waals surface area contributed by atoms with Gasteiger partial charge in [-0.1, -0.05) is 0 Å². The number of hydrogen-bond acceptors (Lipinski definition) is 5. The van der Waals surface area contributed by atoms with Gasteiger partial charge in [0.05, 0.1) is 18.2 Å². The van der Waals surface area contributed by atoms with E-state index in [-0.39, 0.29) is 28.3 Å². The third-order valence-electron chi connectivity index (χ3n) is 4.83. The Morgan fingerprint density at radius 1 is 1.00 bits per heavy atom. The molecule has 0 saturated heterocycles. The van der Waals surface area contributed by atoms with Gasteiger partial charge < -0.3 is 14.8 Å². The Morgan fingerprint density at radius 2 is 1.66 bits per heavy atom. The molecule has 12 heteroatoms. The Bertz CT molecular complexity index is 1290. The monoisotopic (exact) mass is 495 g/mol. The fraction of sp³-hybridized carbons (Fsp3) is 0.130. The van der Waals surface area contributed by atoms with Gasteiger partial charge in [0.15, 0.2) is 11.7 Å². The number of hydroxylamine groups is 1. The smallest absolute Gasteiger partial charge is 0.419 e. The molecule has 7 nitrogen and oxygen atoms in total. The first-order valence-electron chi connectivity index (χ1n) is 9.78. The summed E-state index contributed by atoms with van der Waals surface area (Å²) in [5, 5.41) is 19.0. The number of amides is 1. The Morgan fingerprint density at radius 3 is 2.26 bits per heavy atom. The molecule has 0 aliphatic heterocycles. The van der Waals surface area contributed by atoms with E-state index < -0.39 is 46.4 Å². The largest absolute Gasteiger partial charge is 0.496 e. The number of ether oxygens (including phenoxy) is 2. The maximum atomic E-state index is 15.0. The summed E-state index contributed by atoms with van der Waals surface area (Å²) in [5.41, 5.74) is -0.924. The van der Waals surface area contributed by atoms with Crippen molar-refractivity contribution in [2.75, 3.05) is 12.4 Å². The highest BCUT2D eigenvalue weighted by atomic mass is 19.4. The lowest BCUT2D eigenvalue weighted by atomic mass is 10.1. The molecule has 1 amide bonds. The van der Waals surface area contributed by atoms with Gasteiger partial charge >= 0.3 is 6.18 Å². The Kier molecular flexibility index (Phi) is 7.25. The molecule has 3 rings (SSSR count). The molecule has 0 spiro atoms. The van der Waals surface area contributed by atoms with Crippen molar-refractivity contribution in [2.45, 2.75) is 13.1 Å². The number of methoxy groups -OCH3 is 1. The van der Waals surface area contributed by atoms with Crippen molar-refractivity contribution in [3.8, 4) is 17.2 Å². The number of rotatable bonds is 6. The minimum Gasteiger partial charge on any atom is -0.496 e. The lowest BCUT2D eigenvalue weighted by molar-refractivity contribution is -0.140. The van der Waals surface area contributed by atoms with Crippen LogP contribution in [-0.2, 0) is 6.18 Å². The molecule has 0 aliphatic carbocycles. The number of alkyl halides is 3. The molecule has 35 heavy (non-hydrogen) atoms. The summed E-state index contributed by atoms with van der Waals surface area (Å²) in [6, 6.07) is 8.32. The maximum absolute atomic E-state index is 15.0. The van der Waals surface area contributed by atoms with Gasteiger partial charge in [0.2, 0.25) is 0 Å². The highest BCUT2D eigenvalue weighted by molar-refractivity contribution is 6.07. The van der Waals surface area contributed by atoms with Gasteiger partial charge in [-0.05, 0) is 61.0 Å². The number of hydrogen-bond donors (Lipinski definition) is 4. The summed E-state index contributed by atoms with van der Waals surface area (Å²) in [5.74, 6) is -4.66. The fourth-order valence-corrected chi connectivity index (χ4v) is 3.15. The third-order valence-corrected chi connectivity index (χ3v) is 4.83. The highest BCUT2D eigenvalue weighted by Crippen LogP contribution is 2.38. The maximum Gasteiger partial charge on any atom is 0.419 e. The zero-order valence-electron chi connectivity index (χ0n) is 18.2. The predicted molar refractivity (Wildman–Crippen MR) is 115 cm³/mol. The molecule has 0 atom stereocenters. The van der Waals surface area contributed by atoms with Crippen LogP contribution in [0.15, 0.2) is 48.5 Å². The van der Waals surface area contributed by atoms with Gasteiger partial charge in [0.25, 0.3) is 5.91 Å². The van der Waals surface area contributed by atoms with Gasteiger partial charge in [-0.3, -0.25) is 20.9 Å². The molecule has 0 fully saturated rings. The average Bonchev–Trinajstić information content (AvgIpc) is 2.79. The number of carbonyl (C=O) groups excluding carboxylic acids is 1. The summed E-state index contributed by atoms with van der Waals surface area (Å²) >= 11 is 0. The second kappa shape index (κ2) is 9.97. The van der Waals surface area contributed by atoms with E-state index in [0.29, 0.717) is 6.07 Å². The van der Waals surface area contributed by atoms with Crippen LogP contribution in [0.2, 0.25) is 0 Å². The molecule has 0 unspecified atom stereocenters. The molecule has 0 radical (unpaired) electrons. The van der Waals surface area contributed by atoms with Gasteiger partial charge in [0.1, 0.15) is 28.6 Å². The molecule has 3 aromatic rings. The first kappa shape index (κ1) is 25.4. The number of halogens is 5. The SMILES string of the molecule is COc1ccc(NC(=O)c2c(Oc3ccc(F)cc3C)ccc(C(F)(F)F)c2F)cc1C(=N)NO. The van der Waals surface area contributed by atoms with Crippen LogP contribution in [0.1, 0.15) is 27.0 Å². The first-order chi connectivity index (χ1) is 16.5. The zero-order chi connectivity index (χ0) is 25.9. The fourth-order valence-electron chi connectivity index (χ4n) is 3.15. The van der Waals surface area contributed by atoms with Crippen LogP contribution in [0, 0.1) is 24.0 Å². The molecule has 0 heterocycles. The van der Waals surface area contributed by atoms with Crippen molar-refractivity contribution < 1.29 is 41.4 Å². The molecule has 3 aromatic carbocycles. The van der Waals surface area contributed by atoms with Crippen LogP contribution in [0.25, 0.3) is 0 Å². The molecular weight excluding hydrogens is 477 g/mol. The van der Waals surface area contributed by atoms with E-state index in [1.54, 1.807) is 5.48 Å². The van der Waals surface area contributed by atoms with Crippen LogP contribution in [0.5, 0.6) is 17.2 Å². The number of amidine groups is 1. The van der Waals surface area contributed by atoms with Crippen molar-refractivity contribution in [1.82, 2.24) is 5.48 Å². The van der Waals surface area contributed by atoms with Crippen molar-refractivity contribution in [2.24, 2.45) is 0 Å². The number of nitrogens with one attached hydrogen (secondary N) is 3. The summed E-state index contributed by atoms with van der Waals surface area (Å²) in [7, 11) is 1.29. The van der Waals surface area contributed by atoms with E-state index >= 15 is 4.39 Å². The lowest BCUT2D eigenvalue weighted by Gasteiger charge is -2.17. The Balaban J connectivity index is 2.07. The molecule has 0 aromatic heterocycles. The molecule has 0 bridgehead atoms. The van der Waals surface area contributed by atoms with Crippen LogP contribution in [0.3, 0.4) is 0 Å². The van der Waals surface area contributed by atoms with Crippen molar-refractivity contribution >= 4 is 17.4 Å². The minimum atomic E-state index is -5.10. The molecule has 184 valence electrons. The van der Waals surface area contributed by atoms with Gasteiger partial charge in [-0.25, -0.2) is 8.78 Å². The third kappa shape index (κ3) is 5.49. The van der Waals surface area contributed by atoms with Crippen LogP contribution >= 0.6 is 0 Å². The van der Waals surface area contributed by atoms with Crippen LogP contribution in [-0.4, -0.2) is 24.1 Å². The summed E-state index contributed by atoms with van der Waals surface area (Å²) in [4.78, 5) is 13.0. The number of carbonyl (C=O) groups is 1. The lowest BCUT2D eigenvalue weighted by Crippen LogP contribution is -2.21. The average molecular weight is 495 g/mol. The normalized spacial score (nSPS) is 11.1. The molecule has 4 N–H and O–H groups in total. The van der Waals surface area contributed by atoms with E-state index in [2.05, 4.69) is 5.32 Å². The second-order valence-corrected chi connectivity index (χ2v) is 7.17. The van der Waals surface area contributed by atoms with Crippen LogP contribution in [0.4, 0.5) is 27.6 Å². The van der Waals surface area contributed by atoms with Gasteiger partial charge in [-0.2, -0.15) is 13.2 Å². The Labute approximate surface area is 195 Å². The standard InChI is InChI=1S/C23H18F5N3O4/c1-11-9-12(24)3-6-16(11)35-18-8-5-15(23(26,27)28)20(25)19(18)22(32)30-13-4-7-17(34-2)14(10-13)21(29)31-33/h3-10,33H,1-2H3,(H2,29,31)(H,30,32). The van der Waals surface area contributed by atoms with Gasteiger partial charge in [-0.15, -0.1) is 0 Å². The summed E-state index contributed by atoms with van der Waals surface area (Å²) < 4.78 is 78.9. The van der Waals surface area contributed by atoms with E-state index in [0.717, 1.165) is 18.2 Å². The van der Waals surface area contributed by atoms with E-state index in [9.17, 15) is 22.4 Å². The number of aryl methyl sites for hydroxylation is 1. The number of benzene rings is 3. The van der Waals surface area contributed by atoms with E-state index in [4.69, 9.17) is 20.1 Å². The van der Waals surface area contributed by atoms with Crippen molar-refractivity contribution in [3.05, 3.63) is 82.4 Å². The van der Waals surface area contributed by atoms with Crippen molar-refractivity contribution in [1.29, 1.82) is 5.41 Å². The summed E-state index contributed by atoms with van der Waals surface area (Å²) in [6.07, 6.45) is -5.10. The number of anilines is 1. The second-order valence-electron chi connectivity index (χ2n) is 7.17. The first-order valence-corrected chi connectivity index (χ1v) is 9.78. The van der Waals surface area contributed by atoms with E-state index in [1.165, 1.54) is 38.3 Å².